The summed E-state index contributed by atoms with van der Waals surface area (Å²) < 4.78 is 20.3. The van der Waals surface area contributed by atoms with Crippen LogP contribution in [0.2, 0.25) is 0 Å². The van der Waals surface area contributed by atoms with Gasteiger partial charge in [-0.25, -0.2) is 4.52 Å². The van der Waals surface area contributed by atoms with E-state index < -0.39 is 8.25 Å². The molecule has 14 heavy (non-hydrogen) atoms. The molecule has 1 aromatic rings. The van der Waals surface area contributed by atoms with Gasteiger partial charge in [0.05, 0.1) is 0 Å². The van der Waals surface area contributed by atoms with Crippen LogP contribution < -0.4 is 4.52 Å². The third-order valence-electron chi connectivity index (χ3n) is 1.46. The van der Waals surface area contributed by atoms with Crippen molar-refractivity contribution in [1.82, 2.24) is 0 Å². The number of hydrogen-bond acceptors (Lipinski definition) is 3. The molecule has 0 aromatic heterocycles. The summed E-state index contributed by atoms with van der Waals surface area (Å²) >= 11 is 1.91. The molecule has 0 bridgehead atoms. The van der Waals surface area contributed by atoms with Crippen LogP contribution in [0.5, 0.6) is 5.75 Å². The second-order valence-corrected chi connectivity index (χ2v) is 4.22. The van der Waals surface area contributed by atoms with Gasteiger partial charge >= 0.3 is 24.9 Å². The van der Waals surface area contributed by atoms with E-state index in [9.17, 15) is 4.57 Å². The van der Waals surface area contributed by atoms with E-state index in [1.54, 1.807) is 0 Å². The predicted molar refractivity (Wildman–Crippen MR) is 54.6 cm³/mol. The Labute approximate surface area is 92.2 Å². The molecule has 0 heterocycles. The van der Waals surface area contributed by atoms with Crippen molar-refractivity contribution in [2.24, 2.45) is 0 Å². The summed E-state index contributed by atoms with van der Waals surface area (Å²) in [6.45, 7) is 3.91. The maximum absolute atomic E-state index is 10.9. The van der Waals surface area contributed by atoms with Gasteiger partial charge in [-0.2, -0.15) is 0 Å². The predicted octanol–water partition coefficient (Wildman–Crippen LogP) is 1.62. The summed E-state index contributed by atoms with van der Waals surface area (Å²) in [4.78, 5) is 0. The highest BCUT2D eigenvalue weighted by atomic mass is 31.1. The van der Waals surface area contributed by atoms with Crippen LogP contribution in [0.4, 0.5) is 0 Å². The Morgan fingerprint density at radius 3 is 2.14 bits per heavy atom. The van der Waals surface area contributed by atoms with Crippen LogP contribution >= 0.6 is 8.25 Å². The second-order valence-electron chi connectivity index (χ2n) is 2.74. The number of rotatable bonds is 3. The zero-order valence-electron chi connectivity index (χ0n) is 7.98. The van der Waals surface area contributed by atoms with Gasteiger partial charge in [0.2, 0.25) is 0 Å². The van der Waals surface area contributed by atoms with Gasteiger partial charge in [-0.1, -0.05) is 6.07 Å². The van der Waals surface area contributed by atoms with Crippen LogP contribution in [0.25, 0.3) is 0 Å². The molecule has 0 aliphatic rings. The highest BCUT2D eigenvalue weighted by molar-refractivity contribution is 7.34. The molecule has 1 unspecified atom stereocenters. The van der Waals surface area contributed by atoms with Gasteiger partial charge in [-0.05, 0) is 37.1 Å². The van der Waals surface area contributed by atoms with Crippen LogP contribution in [0.15, 0.2) is 18.2 Å². The van der Waals surface area contributed by atoms with Gasteiger partial charge in [0.1, 0.15) is 0 Å². The average Bonchev–Trinajstić information content (AvgIpc) is 2.02. The molecule has 1 atom stereocenters. The molecule has 0 aliphatic heterocycles. The molecule has 0 spiro atoms. The lowest BCUT2D eigenvalue weighted by Crippen LogP contribution is -1.85. The van der Waals surface area contributed by atoms with E-state index in [1.165, 1.54) is 0 Å². The largest absolute Gasteiger partial charge is 0.715 e. The third-order valence-corrected chi connectivity index (χ3v) is 2.51. The van der Waals surface area contributed by atoms with E-state index >= 15 is 0 Å². The molecule has 0 aliphatic carbocycles. The Bertz CT molecular complexity index is 309. The lowest BCUT2D eigenvalue weighted by atomic mass is 10.1. The summed E-state index contributed by atoms with van der Waals surface area (Å²) in [6.07, 6.45) is 0. The number of benzene rings is 1. The molecular weight excluding hydrogens is 218 g/mol. The molecular formula is C8H11AlO4P+. The van der Waals surface area contributed by atoms with E-state index in [0.717, 1.165) is 11.1 Å². The fraction of sp³-hybridized carbons (Fsp3) is 0.250. The van der Waals surface area contributed by atoms with E-state index in [1.807, 2.05) is 48.7 Å². The van der Waals surface area contributed by atoms with Crippen molar-refractivity contribution in [2.75, 3.05) is 0 Å². The zero-order chi connectivity index (χ0) is 9.84. The quantitative estimate of drug-likeness (QED) is 0.584. The highest BCUT2D eigenvalue weighted by Gasteiger charge is 2.16. The molecule has 2 radical (unpaired) electrons. The molecule has 0 amide bonds. The first-order chi connectivity index (χ1) is 6.11. The van der Waals surface area contributed by atoms with E-state index in [2.05, 4.69) is 3.58 Å². The summed E-state index contributed by atoms with van der Waals surface area (Å²) in [6, 6.07) is 5.63. The van der Waals surface area contributed by atoms with Gasteiger partial charge < -0.3 is 5.48 Å². The first kappa shape index (κ1) is 13.6. The van der Waals surface area contributed by atoms with Gasteiger partial charge in [0.15, 0.2) is 5.75 Å². The molecule has 1 aromatic carbocycles. The van der Waals surface area contributed by atoms with Crippen LogP contribution in [0, 0.1) is 13.8 Å². The highest BCUT2D eigenvalue weighted by Crippen LogP contribution is 2.27. The van der Waals surface area contributed by atoms with Gasteiger partial charge in [-0.3, -0.25) is 3.58 Å². The zero-order valence-corrected chi connectivity index (χ0v) is 10.0. The smallest absolute Gasteiger partial charge is 0.412 e. The summed E-state index contributed by atoms with van der Waals surface area (Å²) in [5.41, 5.74) is 2.14. The van der Waals surface area contributed by atoms with Crippen molar-refractivity contribution >= 4 is 24.9 Å². The first-order valence-electron chi connectivity index (χ1n) is 3.72. The maximum atomic E-state index is 10.9. The van der Waals surface area contributed by atoms with Crippen molar-refractivity contribution in [3.05, 3.63) is 29.3 Å². The minimum atomic E-state index is -2.07. The molecule has 1 rings (SSSR count). The Hall–Kier alpha value is -0.428. The topological polar surface area (TPSA) is 67.0 Å². The normalized spacial score (nSPS) is 10.3. The molecule has 6 heteroatoms. The minimum absolute atomic E-state index is 0. The summed E-state index contributed by atoms with van der Waals surface area (Å²) in [5, 5.41) is 0. The second kappa shape index (κ2) is 6.13. The van der Waals surface area contributed by atoms with Crippen LogP contribution in [-0.2, 0) is 8.14 Å². The lowest BCUT2D eigenvalue weighted by Gasteiger charge is -1.97. The summed E-state index contributed by atoms with van der Waals surface area (Å²) in [7, 11) is -2.07. The lowest BCUT2D eigenvalue weighted by molar-refractivity contribution is 0.429. The van der Waals surface area contributed by atoms with Crippen molar-refractivity contribution in [3.63, 3.8) is 0 Å². The van der Waals surface area contributed by atoms with Crippen molar-refractivity contribution in [3.8, 4) is 5.75 Å². The molecule has 0 saturated heterocycles. The fourth-order valence-corrected chi connectivity index (χ4v) is 1.54. The van der Waals surface area contributed by atoms with Crippen LogP contribution in [-0.4, -0.2) is 22.1 Å². The van der Waals surface area contributed by atoms with Crippen LogP contribution in [0.3, 0.4) is 0 Å². The first-order valence-corrected chi connectivity index (χ1v) is 5.29. The maximum Gasteiger partial charge on any atom is 0.715 e. The van der Waals surface area contributed by atoms with Crippen LogP contribution in [0.1, 0.15) is 11.1 Å². The fourth-order valence-electron chi connectivity index (χ4n) is 1.09. The van der Waals surface area contributed by atoms with Gasteiger partial charge in [0, 0.05) is 4.57 Å². The Balaban J connectivity index is 0.00000169. The standard InChI is InChI=1S/C8H9O3P.Al.H2O/c1-6-3-7(2)5-8(4-6)11-12(9)10;;/h3-5H,1-2H3;;1H2/q;+1;. The Morgan fingerprint density at radius 2 is 1.71 bits per heavy atom. The van der Waals surface area contributed by atoms with E-state index in [0.29, 0.717) is 5.75 Å². The molecule has 4 nitrogen and oxygen atoms in total. The Morgan fingerprint density at radius 1 is 1.21 bits per heavy atom. The molecule has 0 saturated carbocycles. The molecule has 0 fully saturated rings. The minimum Gasteiger partial charge on any atom is -0.412 e. The Kier molecular flexibility index (Phi) is 5.94. The van der Waals surface area contributed by atoms with Crippen molar-refractivity contribution in [1.29, 1.82) is 0 Å². The number of aryl methyl sites for hydroxylation is 2. The average molecular weight is 229 g/mol. The van der Waals surface area contributed by atoms with Crippen molar-refractivity contribution in [2.45, 2.75) is 13.8 Å². The van der Waals surface area contributed by atoms with Crippen molar-refractivity contribution < 1.29 is 18.1 Å². The SMILES string of the molecule is Cc1cc(C)cc(O[P+](=O)[O][Al])c1.O. The van der Waals surface area contributed by atoms with E-state index in [-0.39, 0.29) is 5.48 Å². The van der Waals surface area contributed by atoms with E-state index in [4.69, 9.17) is 4.52 Å². The molecule has 74 valence electrons. The van der Waals surface area contributed by atoms with Gasteiger partial charge in [-0.15, -0.1) is 0 Å². The monoisotopic (exact) mass is 229 g/mol. The number of hydrogen-bond donors (Lipinski definition) is 0. The van der Waals surface area contributed by atoms with Gasteiger partial charge in [0.25, 0.3) is 0 Å². The summed E-state index contributed by atoms with van der Waals surface area (Å²) in [5.74, 6) is 0.570. The third kappa shape index (κ3) is 4.19. The molecule has 2 N–H and O–H groups in total.